The monoisotopic (exact) mass is 310 g/mol. The standard InChI is InChI=1S/C16H26N2O2S/c1-17(10-11-21(2,19)20)12-16-8-9-18(14-16)13-15-6-4-3-5-7-15/h3-7,16H,8-14H2,1-2H3. The molecule has 1 atom stereocenters. The predicted molar refractivity (Wildman–Crippen MR) is 87.0 cm³/mol. The minimum absolute atomic E-state index is 0.254. The van der Waals surface area contributed by atoms with Crippen LogP contribution in [0.3, 0.4) is 0 Å². The van der Waals surface area contributed by atoms with Gasteiger partial charge in [-0.2, -0.15) is 0 Å². The Bertz CT molecular complexity index is 530. The predicted octanol–water partition coefficient (Wildman–Crippen LogP) is 1.48. The highest BCUT2D eigenvalue weighted by molar-refractivity contribution is 7.90. The molecule has 1 aliphatic rings. The van der Waals surface area contributed by atoms with Gasteiger partial charge in [0, 0.05) is 32.4 Å². The molecule has 1 aromatic rings. The van der Waals surface area contributed by atoms with Crippen LogP contribution < -0.4 is 0 Å². The Morgan fingerprint density at radius 3 is 2.67 bits per heavy atom. The maximum atomic E-state index is 11.2. The van der Waals surface area contributed by atoms with Crippen LogP contribution in [0.4, 0.5) is 0 Å². The van der Waals surface area contributed by atoms with Gasteiger partial charge in [0.2, 0.25) is 0 Å². The van der Waals surface area contributed by atoms with Crippen molar-refractivity contribution in [1.29, 1.82) is 0 Å². The zero-order chi connectivity index (χ0) is 15.3. The number of sulfone groups is 1. The van der Waals surface area contributed by atoms with Crippen molar-refractivity contribution in [2.24, 2.45) is 5.92 Å². The van der Waals surface area contributed by atoms with Crippen molar-refractivity contribution in [3.8, 4) is 0 Å². The lowest BCUT2D eigenvalue weighted by Gasteiger charge is -2.21. The fraction of sp³-hybridized carbons (Fsp3) is 0.625. The Kier molecular flexibility index (Phi) is 5.79. The normalized spacial score (nSPS) is 20.2. The van der Waals surface area contributed by atoms with E-state index in [9.17, 15) is 8.42 Å². The van der Waals surface area contributed by atoms with Gasteiger partial charge in [0.05, 0.1) is 5.75 Å². The van der Waals surface area contributed by atoms with Gasteiger partial charge >= 0.3 is 0 Å². The zero-order valence-electron chi connectivity index (χ0n) is 13.0. The molecule has 1 aromatic carbocycles. The number of likely N-dealkylation sites (tertiary alicyclic amines) is 1. The summed E-state index contributed by atoms with van der Waals surface area (Å²) in [5, 5.41) is 0. The molecule has 2 rings (SSSR count). The van der Waals surface area contributed by atoms with E-state index in [0.717, 1.165) is 26.2 Å². The van der Waals surface area contributed by atoms with E-state index < -0.39 is 9.84 Å². The minimum Gasteiger partial charge on any atom is -0.305 e. The van der Waals surface area contributed by atoms with E-state index in [1.807, 2.05) is 13.1 Å². The topological polar surface area (TPSA) is 40.6 Å². The van der Waals surface area contributed by atoms with Crippen molar-refractivity contribution in [2.75, 3.05) is 45.2 Å². The van der Waals surface area contributed by atoms with Crippen LogP contribution in [0, 0.1) is 5.92 Å². The van der Waals surface area contributed by atoms with E-state index in [-0.39, 0.29) is 5.75 Å². The van der Waals surface area contributed by atoms with Crippen molar-refractivity contribution in [1.82, 2.24) is 9.80 Å². The van der Waals surface area contributed by atoms with E-state index >= 15 is 0 Å². The molecule has 0 amide bonds. The zero-order valence-corrected chi connectivity index (χ0v) is 13.8. The van der Waals surface area contributed by atoms with Gasteiger partial charge in [-0.3, -0.25) is 4.90 Å². The lowest BCUT2D eigenvalue weighted by molar-refractivity contribution is 0.268. The van der Waals surface area contributed by atoms with Crippen LogP contribution in [0.5, 0.6) is 0 Å². The van der Waals surface area contributed by atoms with Crippen LogP contribution in [-0.2, 0) is 16.4 Å². The maximum Gasteiger partial charge on any atom is 0.148 e. The summed E-state index contributed by atoms with van der Waals surface area (Å²) in [7, 11) is -0.837. The van der Waals surface area contributed by atoms with E-state index in [4.69, 9.17) is 0 Å². The number of nitrogens with zero attached hydrogens (tertiary/aromatic N) is 2. The van der Waals surface area contributed by atoms with Gasteiger partial charge in [0.25, 0.3) is 0 Å². The van der Waals surface area contributed by atoms with Gasteiger partial charge in [-0.15, -0.1) is 0 Å². The summed E-state index contributed by atoms with van der Waals surface area (Å²) in [5.41, 5.74) is 1.36. The molecule has 1 fully saturated rings. The molecule has 0 saturated carbocycles. The van der Waals surface area contributed by atoms with Gasteiger partial charge in [0.15, 0.2) is 0 Å². The average molecular weight is 310 g/mol. The average Bonchev–Trinajstić information content (AvgIpc) is 2.84. The van der Waals surface area contributed by atoms with E-state index in [1.165, 1.54) is 18.2 Å². The van der Waals surface area contributed by atoms with Gasteiger partial charge in [-0.05, 0) is 31.5 Å². The summed E-state index contributed by atoms with van der Waals surface area (Å²) in [4.78, 5) is 4.64. The van der Waals surface area contributed by atoms with Crippen LogP contribution in [0.1, 0.15) is 12.0 Å². The number of benzene rings is 1. The van der Waals surface area contributed by atoms with E-state index in [2.05, 4.69) is 34.1 Å². The SMILES string of the molecule is CN(CCS(C)(=O)=O)CC1CCN(Cc2ccccc2)C1. The van der Waals surface area contributed by atoms with E-state index in [0.29, 0.717) is 12.5 Å². The molecular formula is C16H26N2O2S. The molecule has 0 radical (unpaired) electrons. The molecule has 0 bridgehead atoms. The molecule has 118 valence electrons. The number of hydrogen-bond donors (Lipinski definition) is 0. The second-order valence-corrected chi connectivity index (χ2v) is 8.53. The Morgan fingerprint density at radius 2 is 2.00 bits per heavy atom. The number of rotatable bonds is 7. The molecule has 1 saturated heterocycles. The summed E-state index contributed by atoms with van der Waals surface area (Å²) in [5.74, 6) is 0.905. The lowest BCUT2D eigenvalue weighted by Crippen LogP contribution is -2.31. The molecule has 1 unspecified atom stereocenters. The van der Waals surface area contributed by atoms with Crippen LogP contribution in [0.25, 0.3) is 0 Å². The van der Waals surface area contributed by atoms with Crippen LogP contribution in [-0.4, -0.2) is 63.5 Å². The van der Waals surface area contributed by atoms with Crippen molar-refractivity contribution in [3.05, 3.63) is 35.9 Å². The molecule has 0 aliphatic carbocycles. The van der Waals surface area contributed by atoms with Crippen molar-refractivity contribution >= 4 is 9.84 Å². The highest BCUT2D eigenvalue weighted by Gasteiger charge is 2.23. The molecule has 1 heterocycles. The Morgan fingerprint density at radius 1 is 1.29 bits per heavy atom. The van der Waals surface area contributed by atoms with Gasteiger partial charge < -0.3 is 4.90 Å². The van der Waals surface area contributed by atoms with Gasteiger partial charge in [-0.25, -0.2) is 8.42 Å². The fourth-order valence-corrected chi connectivity index (χ4v) is 3.54. The number of hydrogen-bond acceptors (Lipinski definition) is 4. The molecular weight excluding hydrogens is 284 g/mol. The summed E-state index contributed by atoms with van der Waals surface area (Å²) in [6.45, 7) is 4.89. The van der Waals surface area contributed by atoms with Gasteiger partial charge in [-0.1, -0.05) is 30.3 Å². The first kappa shape index (κ1) is 16.5. The highest BCUT2D eigenvalue weighted by Crippen LogP contribution is 2.19. The summed E-state index contributed by atoms with van der Waals surface area (Å²) >= 11 is 0. The second kappa shape index (κ2) is 7.38. The fourth-order valence-electron chi connectivity index (χ4n) is 2.90. The smallest absolute Gasteiger partial charge is 0.148 e. The van der Waals surface area contributed by atoms with Crippen molar-refractivity contribution in [2.45, 2.75) is 13.0 Å². The third-order valence-electron chi connectivity index (χ3n) is 4.03. The summed E-state index contributed by atoms with van der Waals surface area (Å²) in [6.07, 6.45) is 2.51. The van der Waals surface area contributed by atoms with Crippen molar-refractivity contribution < 1.29 is 8.42 Å². The molecule has 0 N–H and O–H groups in total. The molecule has 0 spiro atoms. The van der Waals surface area contributed by atoms with Crippen LogP contribution in [0.15, 0.2) is 30.3 Å². The molecule has 0 aromatic heterocycles. The third kappa shape index (κ3) is 6.16. The molecule has 4 nitrogen and oxygen atoms in total. The third-order valence-corrected chi connectivity index (χ3v) is 4.96. The molecule has 5 heteroatoms. The molecule has 21 heavy (non-hydrogen) atoms. The Hall–Kier alpha value is -0.910. The quantitative estimate of drug-likeness (QED) is 0.765. The first-order valence-corrected chi connectivity index (χ1v) is 9.61. The largest absolute Gasteiger partial charge is 0.305 e. The lowest BCUT2D eigenvalue weighted by atomic mass is 10.1. The highest BCUT2D eigenvalue weighted by atomic mass is 32.2. The molecule has 1 aliphatic heterocycles. The minimum atomic E-state index is -2.86. The summed E-state index contributed by atoms with van der Waals surface area (Å²) < 4.78 is 22.4. The second-order valence-electron chi connectivity index (χ2n) is 6.27. The summed E-state index contributed by atoms with van der Waals surface area (Å²) in [6, 6.07) is 10.6. The Balaban J connectivity index is 1.72. The first-order chi connectivity index (χ1) is 9.92. The van der Waals surface area contributed by atoms with Crippen molar-refractivity contribution in [3.63, 3.8) is 0 Å². The first-order valence-electron chi connectivity index (χ1n) is 7.55. The van der Waals surface area contributed by atoms with Crippen LogP contribution in [0.2, 0.25) is 0 Å². The maximum absolute atomic E-state index is 11.2. The Labute approximate surface area is 128 Å². The van der Waals surface area contributed by atoms with E-state index in [1.54, 1.807) is 0 Å². The van der Waals surface area contributed by atoms with Crippen LogP contribution >= 0.6 is 0 Å². The van der Waals surface area contributed by atoms with Gasteiger partial charge in [0.1, 0.15) is 9.84 Å².